The third-order valence-electron chi connectivity index (χ3n) is 1.50. The molecule has 0 bridgehead atoms. The van der Waals surface area contributed by atoms with Crippen molar-refractivity contribution in [3.8, 4) is 0 Å². The molecular weight excluding hydrogens is 96.1 g/mol. The molecule has 0 aromatic carbocycles. The van der Waals surface area contributed by atoms with E-state index in [0.717, 1.165) is 0 Å². The van der Waals surface area contributed by atoms with Gasteiger partial charge in [-0.25, -0.2) is 0 Å². The summed E-state index contributed by atoms with van der Waals surface area (Å²) >= 11 is 0. The molecule has 1 aliphatic carbocycles. The number of hydrogen-bond acceptors (Lipinski definition) is 0. The first kappa shape index (κ1) is 10.9. The predicted octanol–water partition coefficient (Wildman–Crippen LogP) is 3.61. The van der Waals surface area contributed by atoms with Crippen LogP contribution < -0.4 is 0 Å². The van der Waals surface area contributed by atoms with Gasteiger partial charge < -0.3 is 0 Å². The van der Waals surface area contributed by atoms with Crippen molar-refractivity contribution >= 4 is 0 Å². The Morgan fingerprint density at radius 3 is 0.625 bits per heavy atom. The Bertz CT molecular complexity index is 15.5. The van der Waals surface area contributed by atoms with Crippen molar-refractivity contribution in [1.82, 2.24) is 0 Å². The van der Waals surface area contributed by atoms with Crippen LogP contribution in [0.4, 0.5) is 0 Å². The fraction of sp³-hybridized carbons (Fsp3) is 1.00. The highest BCUT2D eigenvalue weighted by Crippen LogP contribution is 2.15. The normalized spacial score (nSPS) is 18.0. The van der Waals surface area contributed by atoms with Crippen molar-refractivity contribution in [2.45, 2.75) is 53.4 Å². The molecule has 1 rings (SSSR count). The van der Waals surface area contributed by atoms with Gasteiger partial charge in [0.2, 0.25) is 0 Å². The fourth-order valence-electron chi connectivity index (χ4n) is 1.06. The summed E-state index contributed by atoms with van der Waals surface area (Å²) in [5.74, 6) is 0. The van der Waals surface area contributed by atoms with E-state index in [1.54, 1.807) is 0 Å². The standard InChI is InChI=1S/C6H12.2CH4/c1-2-4-6-5-3-1;;/h1-6H2;2*1H4. The lowest BCUT2D eigenvalue weighted by Gasteiger charge is -2.05. The summed E-state index contributed by atoms with van der Waals surface area (Å²) in [6.45, 7) is 0. The quantitative estimate of drug-likeness (QED) is 0.453. The first-order valence-electron chi connectivity index (χ1n) is 3.00. The molecule has 0 heteroatoms. The molecule has 0 nitrogen and oxygen atoms in total. The van der Waals surface area contributed by atoms with Gasteiger partial charge in [-0.1, -0.05) is 53.4 Å². The topological polar surface area (TPSA) is 0 Å². The largest absolute Gasteiger partial charge is 0.0776 e. The molecule has 0 aliphatic heterocycles. The maximum absolute atomic E-state index is 1.50. The second-order valence-electron chi connectivity index (χ2n) is 2.12. The molecule has 1 saturated carbocycles. The van der Waals surface area contributed by atoms with Crippen LogP contribution in [0.5, 0.6) is 0 Å². The molecule has 0 heterocycles. The average Bonchev–Trinajstić information content (AvgIpc) is 1.72. The van der Waals surface area contributed by atoms with Gasteiger partial charge in [0, 0.05) is 0 Å². The average molecular weight is 116 g/mol. The molecule has 0 aromatic rings. The predicted molar refractivity (Wildman–Crippen MR) is 41.2 cm³/mol. The number of rotatable bonds is 0. The first-order chi connectivity index (χ1) is 3.00. The van der Waals surface area contributed by atoms with Crippen LogP contribution >= 0.6 is 0 Å². The van der Waals surface area contributed by atoms with Crippen molar-refractivity contribution < 1.29 is 0 Å². The third-order valence-corrected chi connectivity index (χ3v) is 1.50. The maximum atomic E-state index is 1.50. The summed E-state index contributed by atoms with van der Waals surface area (Å²) in [6, 6.07) is 0. The van der Waals surface area contributed by atoms with Gasteiger partial charge in [-0.15, -0.1) is 0 Å². The van der Waals surface area contributed by atoms with Crippen LogP contribution in [-0.4, -0.2) is 0 Å². The van der Waals surface area contributed by atoms with Crippen LogP contribution in [0.1, 0.15) is 53.4 Å². The van der Waals surface area contributed by atoms with Crippen molar-refractivity contribution in [2.24, 2.45) is 0 Å². The molecule has 8 heavy (non-hydrogen) atoms. The second-order valence-corrected chi connectivity index (χ2v) is 2.12. The molecule has 0 spiro atoms. The fourth-order valence-corrected chi connectivity index (χ4v) is 1.06. The Hall–Kier alpha value is 0. The van der Waals surface area contributed by atoms with Crippen LogP contribution in [-0.2, 0) is 0 Å². The Morgan fingerprint density at radius 1 is 0.375 bits per heavy atom. The SMILES string of the molecule is C.C.C1CCCCC1. The van der Waals surface area contributed by atoms with E-state index in [1.807, 2.05) is 0 Å². The lowest BCUT2D eigenvalue weighted by Crippen LogP contribution is -1.85. The van der Waals surface area contributed by atoms with Gasteiger partial charge in [0.15, 0.2) is 0 Å². The molecule has 0 atom stereocenters. The third kappa shape index (κ3) is 4.17. The molecule has 0 saturated heterocycles. The van der Waals surface area contributed by atoms with E-state index in [4.69, 9.17) is 0 Å². The molecule has 1 fully saturated rings. The first-order valence-corrected chi connectivity index (χ1v) is 3.00. The Balaban J connectivity index is 0. The summed E-state index contributed by atoms with van der Waals surface area (Å²) in [7, 11) is 0. The van der Waals surface area contributed by atoms with Gasteiger partial charge in [-0.2, -0.15) is 0 Å². The van der Waals surface area contributed by atoms with Crippen LogP contribution in [0, 0.1) is 0 Å². The molecule has 0 radical (unpaired) electrons. The lowest BCUT2D eigenvalue weighted by atomic mass is 10.0. The van der Waals surface area contributed by atoms with E-state index in [9.17, 15) is 0 Å². The Kier molecular flexibility index (Phi) is 9.53. The highest BCUT2D eigenvalue weighted by Gasteiger charge is 1.95. The monoisotopic (exact) mass is 116 g/mol. The van der Waals surface area contributed by atoms with Gasteiger partial charge in [0.1, 0.15) is 0 Å². The summed E-state index contributed by atoms with van der Waals surface area (Å²) in [4.78, 5) is 0. The summed E-state index contributed by atoms with van der Waals surface area (Å²) in [6.07, 6.45) is 9.00. The van der Waals surface area contributed by atoms with E-state index in [-0.39, 0.29) is 14.9 Å². The molecule has 0 N–H and O–H groups in total. The minimum Gasteiger partial charge on any atom is -0.0776 e. The number of hydrogen-bond donors (Lipinski definition) is 0. The van der Waals surface area contributed by atoms with Crippen LogP contribution in [0.25, 0.3) is 0 Å². The zero-order valence-corrected chi connectivity index (χ0v) is 4.24. The van der Waals surface area contributed by atoms with Crippen molar-refractivity contribution in [2.75, 3.05) is 0 Å². The highest BCUT2D eigenvalue weighted by molar-refractivity contribution is 4.51. The maximum Gasteiger partial charge on any atom is -0.0533 e. The Labute approximate surface area is 54.3 Å². The second kappa shape index (κ2) is 7.00. The van der Waals surface area contributed by atoms with Gasteiger partial charge in [-0.3, -0.25) is 0 Å². The smallest absolute Gasteiger partial charge is 0.0533 e. The van der Waals surface area contributed by atoms with Crippen molar-refractivity contribution in [3.63, 3.8) is 0 Å². The van der Waals surface area contributed by atoms with E-state index in [2.05, 4.69) is 0 Å². The molecule has 52 valence electrons. The molecule has 1 aliphatic rings. The van der Waals surface area contributed by atoms with Crippen LogP contribution in [0.15, 0.2) is 0 Å². The van der Waals surface area contributed by atoms with Crippen molar-refractivity contribution in [1.29, 1.82) is 0 Å². The molecule has 0 aromatic heterocycles. The van der Waals surface area contributed by atoms with Crippen molar-refractivity contribution in [3.05, 3.63) is 0 Å². The minimum absolute atomic E-state index is 0. The molecule has 0 unspecified atom stereocenters. The molecule has 0 amide bonds. The van der Waals surface area contributed by atoms with E-state index < -0.39 is 0 Å². The lowest BCUT2D eigenvalue weighted by molar-refractivity contribution is 0.504. The van der Waals surface area contributed by atoms with E-state index in [0.29, 0.717) is 0 Å². The van der Waals surface area contributed by atoms with Crippen LogP contribution in [0.3, 0.4) is 0 Å². The van der Waals surface area contributed by atoms with Gasteiger partial charge in [-0.05, 0) is 0 Å². The molecular formula is C8H20. The summed E-state index contributed by atoms with van der Waals surface area (Å²) in [5.41, 5.74) is 0. The Morgan fingerprint density at radius 2 is 0.500 bits per heavy atom. The summed E-state index contributed by atoms with van der Waals surface area (Å²) < 4.78 is 0. The minimum atomic E-state index is 0. The van der Waals surface area contributed by atoms with Gasteiger partial charge >= 0.3 is 0 Å². The van der Waals surface area contributed by atoms with E-state index in [1.165, 1.54) is 38.5 Å². The van der Waals surface area contributed by atoms with E-state index >= 15 is 0 Å². The zero-order valence-electron chi connectivity index (χ0n) is 4.24. The highest BCUT2D eigenvalue weighted by atomic mass is 14.0. The van der Waals surface area contributed by atoms with Gasteiger partial charge in [0.25, 0.3) is 0 Å². The summed E-state index contributed by atoms with van der Waals surface area (Å²) in [5, 5.41) is 0. The zero-order chi connectivity index (χ0) is 4.24. The van der Waals surface area contributed by atoms with Gasteiger partial charge in [0.05, 0.1) is 0 Å². The van der Waals surface area contributed by atoms with Crippen LogP contribution in [0.2, 0.25) is 0 Å².